The van der Waals surface area contributed by atoms with E-state index in [1.807, 2.05) is 26.0 Å². The first kappa shape index (κ1) is 19.5. The molecule has 2 amide bonds. The van der Waals surface area contributed by atoms with Crippen molar-refractivity contribution in [2.45, 2.75) is 13.8 Å². The second-order valence-corrected chi connectivity index (χ2v) is 7.10. The molecule has 4 rings (SSSR count). The van der Waals surface area contributed by atoms with Gasteiger partial charge in [0.25, 0.3) is 11.8 Å². The lowest BCUT2D eigenvalue weighted by molar-refractivity contribution is -0.120. The van der Waals surface area contributed by atoms with Crippen molar-refractivity contribution in [3.8, 4) is 0 Å². The van der Waals surface area contributed by atoms with E-state index in [0.29, 0.717) is 11.3 Å². The molecule has 0 saturated heterocycles. The predicted octanol–water partition coefficient (Wildman–Crippen LogP) is 4.98. The number of hydrogen-bond acceptors (Lipinski definition) is 3. The van der Waals surface area contributed by atoms with Gasteiger partial charge in [-0.3, -0.25) is 9.59 Å². The summed E-state index contributed by atoms with van der Waals surface area (Å²) >= 11 is 0. The summed E-state index contributed by atoms with van der Waals surface area (Å²) < 4.78 is 26.6. The van der Waals surface area contributed by atoms with Crippen molar-refractivity contribution in [3.05, 3.63) is 101 Å². The number of hydrogen-bond donors (Lipinski definition) is 1. The van der Waals surface area contributed by atoms with Crippen molar-refractivity contribution in [1.82, 2.24) is 0 Å². The van der Waals surface area contributed by atoms with Crippen molar-refractivity contribution in [1.29, 1.82) is 0 Å². The standard InChI is InChI=1S/C24H18F2N2O2/c1-14-3-4-16(13-15(14)2)21-22(27-19-9-5-17(25)6-10-19)24(30)28(23(21)29)20-11-7-18(26)8-12-20/h3-13,27H,1-2H3. The van der Waals surface area contributed by atoms with Gasteiger partial charge in [-0.15, -0.1) is 0 Å². The number of nitrogens with zero attached hydrogens (tertiary/aromatic N) is 1. The monoisotopic (exact) mass is 404 g/mol. The van der Waals surface area contributed by atoms with E-state index < -0.39 is 23.4 Å². The van der Waals surface area contributed by atoms with Crippen LogP contribution in [0.4, 0.5) is 20.2 Å². The van der Waals surface area contributed by atoms with Crippen LogP contribution in [0.25, 0.3) is 5.57 Å². The van der Waals surface area contributed by atoms with Crippen molar-refractivity contribution >= 4 is 28.8 Å². The Hall–Kier alpha value is -3.80. The molecule has 1 aliphatic rings. The smallest absolute Gasteiger partial charge is 0.282 e. The van der Waals surface area contributed by atoms with E-state index in [4.69, 9.17) is 0 Å². The molecule has 6 heteroatoms. The molecule has 3 aromatic rings. The summed E-state index contributed by atoms with van der Waals surface area (Å²) in [6.07, 6.45) is 0. The van der Waals surface area contributed by atoms with Crippen LogP contribution in [0.2, 0.25) is 0 Å². The Morgan fingerprint density at radius 2 is 1.33 bits per heavy atom. The zero-order valence-corrected chi connectivity index (χ0v) is 16.4. The number of benzene rings is 3. The number of carbonyl (C=O) groups excluding carboxylic acids is 2. The van der Waals surface area contributed by atoms with Gasteiger partial charge in [-0.05, 0) is 79.1 Å². The molecule has 0 bridgehead atoms. The molecule has 1 heterocycles. The third kappa shape index (κ3) is 3.48. The summed E-state index contributed by atoms with van der Waals surface area (Å²) in [6, 6.07) is 16.1. The average molecular weight is 404 g/mol. The lowest BCUT2D eigenvalue weighted by atomic mass is 9.99. The van der Waals surface area contributed by atoms with Gasteiger partial charge in [-0.1, -0.05) is 18.2 Å². The largest absolute Gasteiger partial charge is 0.350 e. The summed E-state index contributed by atoms with van der Waals surface area (Å²) in [4.78, 5) is 27.5. The highest BCUT2D eigenvalue weighted by Gasteiger charge is 2.40. The minimum atomic E-state index is -0.566. The van der Waals surface area contributed by atoms with Gasteiger partial charge in [0.15, 0.2) is 0 Å². The normalized spacial score (nSPS) is 13.9. The number of halogens is 2. The maximum absolute atomic E-state index is 13.3. The molecule has 0 atom stereocenters. The summed E-state index contributed by atoms with van der Waals surface area (Å²) in [5.74, 6) is -1.96. The Morgan fingerprint density at radius 3 is 1.93 bits per heavy atom. The molecule has 0 saturated carbocycles. The summed E-state index contributed by atoms with van der Waals surface area (Å²) in [6.45, 7) is 3.88. The van der Waals surface area contributed by atoms with Crippen LogP contribution in [0, 0.1) is 25.5 Å². The molecular weight excluding hydrogens is 386 g/mol. The molecule has 1 aliphatic heterocycles. The van der Waals surface area contributed by atoms with Gasteiger partial charge in [0.2, 0.25) is 0 Å². The van der Waals surface area contributed by atoms with E-state index in [2.05, 4.69) is 5.32 Å². The van der Waals surface area contributed by atoms with Crippen LogP contribution in [-0.4, -0.2) is 11.8 Å². The SMILES string of the molecule is Cc1ccc(C2=C(Nc3ccc(F)cc3)C(=O)N(c3ccc(F)cc3)C2=O)cc1C. The highest BCUT2D eigenvalue weighted by molar-refractivity contribution is 6.46. The molecule has 0 aliphatic carbocycles. The average Bonchev–Trinajstić information content (AvgIpc) is 2.96. The van der Waals surface area contributed by atoms with Crippen molar-refractivity contribution in [3.63, 3.8) is 0 Å². The van der Waals surface area contributed by atoms with E-state index in [9.17, 15) is 18.4 Å². The topological polar surface area (TPSA) is 49.4 Å². The van der Waals surface area contributed by atoms with Crippen molar-refractivity contribution in [2.24, 2.45) is 0 Å². The van der Waals surface area contributed by atoms with Crippen LogP contribution < -0.4 is 10.2 Å². The Morgan fingerprint density at radius 1 is 0.733 bits per heavy atom. The molecule has 0 radical (unpaired) electrons. The lowest BCUT2D eigenvalue weighted by Gasteiger charge is -2.15. The first-order valence-electron chi connectivity index (χ1n) is 9.34. The molecule has 0 fully saturated rings. The zero-order valence-electron chi connectivity index (χ0n) is 16.4. The van der Waals surface area contributed by atoms with Crippen molar-refractivity contribution in [2.75, 3.05) is 10.2 Å². The van der Waals surface area contributed by atoms with Crippen LogP contribution in [0.15, 0.2) is 72.4 Å². The molecular formula is C24H18F2N2O2. The summed E-state index contributed by atoms with van der Waals surface area (Å²) in [5.41, 5.74) is 3.64. The van der Waals surface area contributed by atoms with Crippen LogP contribution in [0.5, 0.6) is 0 Å². The number of amides is 2. The lowest BCUT2D eigenvalue weighted by Crippen LogP contribution is -2.32. The second kappa shape index (κ2) is 7.55. The Balaban J connectivity index is 1.83. The Labute approximate surface area is 172 Å². The number of rotatable bonds is 4. The van der Waals surface area contributed by atoms with Gasteiger partial charge in [0, 0.05) is 5.69 Å². The number of carbonyl (C=O) groups is 2. The summed E-state index contributed by atoms with van der Waals surface area (Å²) in [7, 11) is 0. The second-order valence-electron chi connectivity index (χ2n) is 7.10. The number of imide groups is 1. The number of nitrogens with one attached hydrogen (secondary N) is 1. The highest BCUT2D eigenvalue weighted by atomic mass is 19.1. The minimum absolute atomic E-state index is 0.0826. The summed E-state index contributed by atoms with van der Waals surface area (Å²) in [5, 5.41) is 2.97. The quantitative estimate of drug-likeness (QED) is 0.624. The third-order valence-electron chi connectivity index (χ3n) is 5.08. The van der Waals surface area contributed by atoms with Gasteiger partial charge in [-0.25, -0.2) is 13.7 Å². The predicted molar refractivity (Wildman–Crippen MR) is 112 cm³/mol. The molecule has 3 aromatic carbocycles. The maximum Gasteiger partial charge on any atom is 0.282 e. The molecule has 0 unspecified atom stereocenters. The Kier molecular flexibility index (Phi) is 4.91. The molecule has 0 spiro atoms. The fourth-order valence-electron chi connectivity index (χ4n) is 3.31. The number of anilines is 2. The van der Waals surface area contributed by atoms with Gasteiger partial charge in [0.05, 0.1) is 11.3 Å². The van der Waals surface area contributed by atoms with Gasteiger partial charge in [0.1, 0.15) is 17.3 Å². The van der Waals surface area contributed by atoms with Crippen LogP contribution in [-0.2, 0) is 9.59 Å². The Bertz CT molecular complexity index is 1180. The molecule has 30 heavy (non-hydrogen) atoms. The van der Waals surface area contributed by atoms with Crippen LogP contribution in [0.3, 0.4) is 0 Å². The van der Waals surface area contributed by atoms with Crippen molar-refractivity contribution < 1.29 is 18.4 Å². The van der Waals surface area contributed by atoms with E-state index >= 15 is 0 Å². The first-order valence-corrected chi connectivity index (χ1v) is 9.34. The van der Waals surface area contributed by atoms with Crippen LogP contribution >= 0.6 is 0 Å². The van der Waals surface area contributed by atoms with Gasteiger partial charge in [-0.2, -0.15) is 0 Å². The van der Waals surface area contributed by atoms with Gasteiger partial charge < -0.3 is 5.32 Å². The highest BCUT2D eigenvalue weighted by Crippen LogP contribution is 2.34. The third-order valence-corrected chi connectivity index (χ3v) is 5.08. The van der Waals surface area contributed by atoms with E-state index in [-0.39, 0.29) is 17.0 Å². The number of aryl methyl sites for hydroxylation is 2. The van der Waals surface area contributed by atoms with E-state index in [0.717, 1.165) is 16.0 Å². The van der Waals surface area contributed by atoms with Crippen LogP contribution in [0.1, 0.15) is 16.7 Å². The zero-order chi connectivity index (χ0) is 21.4. The first-order chi connectivity index (χ1) is 14.3. The molecule has 1 N–H and O–H groups in total. The van der Waals surface area contributed by atoms with E-state index in [1.54, 1.807) is 6.07 Å². The molecule has 150 valence electrons. The molecule has 0 aromatic heterocycles. The minimum Gasteiger partial charge on any atom is -0.350 e. The fraction of sp³-hybridized carbons (Fsp3) is 0.0833. The fourth-order valence-corrected chi connectivity index (χ4v) is 3.31. The van der Waals surface area contributed by atoms with Gasteiger partial charge >= 0.3 is 0 Å². The van der Waals surface area contributed by atoms with E-state index in [1.165, 1.54) is 48.5 Å². The maximum atomic E-state index is 13.3. The molecule has 4 nitrogen and oxygen atoms in total.